The van der Waals surface area contributed by atoms with E-state index in [-0.39, 0.29) is 28.9 Å². The minimum Gasteiger partial charge on any atom is -0.360 e. The lowest BCUT2D eigenvalue weighted by Crippen LogP contribution is -2.35. The van der Waals surface area contributed by atoms with Crippen LogP contribution >= 0.6 is 11.6 Å². The second-order valence-corrected chi connectivity index (χ2v) is 20.8. The normalized spacial score (nSPS) is 15.6. The smallest absolute Gasteiger partial charge is 0.267 e. The molecule has 2 heterocycles. The third kappa shape index (κ3) is 7.36. The van der Waals surface area contributed by atoms with Crippen molar-refractivity contribution in [3.8, 4) is 0 Å². The number of anilines is 1. The topological polar surface area (TPSA) is 75.9 Å². The lowest BCUT2D eigenvalue weighted by Gasteiger charge is -2.34. The number of hydrogen-bond donors (Lipinski definition) is 0. The van der Waals surface area contributed by atoms with Crippen LogP contribution in [0.4, 0.5) is 5.82 Å². The van der Waals surface area contributed by atoms with Crippen molar-refractivity contribution in [2.45, 2.75) is 82.7 Å². The summed E-state index contributed by atoms with van der Waals surface area (Å²) >= 11 is 6.24. The summed E-state index contributed by atoms with van der Waals surface area (Å²) in [4.78, 5) is 2.58. The van der Waals surface area contributed by atoms with Gasteiger partial charge in [0.1, 0.15) is 12.5 Å². The summed E-state index contributed by atoms with van der Waals surface area (Å²) in [6, 6.07) is 16.1. The first-order valence-electron chi connectivity index (χ1n) is 13.8. The molecule has 0 N–H and O–H groups in total. The summed E-state index contributed by atoms with van der Waals surface area (Å²) in [7, 11) is -5.31. The summed E-state index contributed by atoms with van der Waals surface area (Å²) in [5, 5.41) is 4.86. The Bertz CT molecular complexity index is 1430. The SMILES string of the molecule is CC(c1cccc(Cl)c1)N1CCc2ccc(S(=O)(=O)N(COCC[Si](C)(C)C)c3cc(C(C)(C)C)on3)cc2C1. The maximum absolute atomic E-state index is 14.1. The zero-order valence-corrected chi connectivity index (χ0v) is 27.3. The van der Waals surface area contributed by atoms with Crippen LogP contribution in [0, 0.1) is 0 Å². The van der Waals surface area contributed by atoms with Crippen molar-refractivity contribution in [3.05, 3.63) is 76.0 Å². The Morgan fingerprint density at radius 2 is 1.88 bits per heavy atom. The zero-order valence-electron chi connectivity index (χ0n) is 24.7. The van der Waals surface area contributed by atoms with Crippen LogP contribution in [-0.4, -0.2) is 46.4 Å². The molecule has 0 saturated heterocycles. The standard InChI is InChI=1S/C30H42ClN3O4SSi/c1-22(24-9-8-10-26(31)17-24)33-14-13-23-11-12-27(18-25(23)20-33)39(35,36)34(21-37-15-16-40(5,6)7)29-19-28(38-32-29)30(2,3)4/h8-12,17-19,22H,13-16,20-21H2,1-7H3. The maximum atomic E-state index is 14.1. The Balaban J connectivity index is 1.61. The number of rotatable bonds is 10. The van der Waals surface area contributed by atoms with Gasteiger partial charge in [0.15, 0.2) is 5.82 Å². The molecule has 10 heteroatoms. The van der Waals surface area contributed by atoms with Gasteiger partial charge in [0.05, 0.1) is 4.90 Å². The van der Waals surface area contributed by atoms with Crippen LogP contribution in [0.3, 0.4) is 0 Å². The third-order valence-corrected chi connectivity index (χ3v) is 11.0. The first-order valence-corrected chi connectivity index (χ1v) is 19.4. The second kappa shape index (κ2) is 12.0. The van der Waals surface area contributed by atoms with Crippen molar-refractivity contribution in [3.63, 3.8) is 0 Å². The van der Waals surface area contributed by atoms with Crippen LogP contribution < -0.4 is 4.31 Å². The lowest BCUT2D eigenvalue weighted by atomic mass is 9.93. The Labute approximate surface area is 245 Å². The van der Waals surface area contributed by atoms with E-state index in [2.05, 4.69) is 42.7 Å². The molecule has 4 rings (SSSR count). The number of ether oxygens (including phenoxy) is 1. The fourth-order valence-electron chi connectivity index (χ4n) is 4.67. The van der Waals surface area contributed by atoms with Crippen LogP contribution in [0.15, 0.2) is 57.9 Å². The molecule has 40 heavy (non-hydrogen) atoms. The molecule has 1 atom stereocenters. The summed E-state index contributed by atoms with van der Waals surface area (Å²) in [5.74, 6) is 0.840. The van der Waals surface area contributed by atoms with Gasteiger partial charge >= 0.3 is 0 Å². The molecule has 7 nitrogen and oxygen atoms in total. The van der Waals surface area contributed by atoms with E-state index in [1.807, 2.05) is 45.0 Å². The number of halogens is 1. The van der Waals surface area contributed by atoms with E-state index < -0.39 is 18.1 Å². The van der Waals surface area contributed by atoms with E-state index in [1.54, 1.807) is 18.2 Å². The van der Waals surface area contributed by atoms with E-state index in [0.29, 0.717) is 23.9 Å². The van der Waals surface area contributed by atoms with Gasteiger partial charge in [-0.3, -0.25) is 4.90 Å². The molecule has 0 radical (unpaired) electrons. The molecule has 1 unspecified atom stereocenters. The Morgan fingerprint density at radius 3 is 2.52 bits per heavy atom. The first-order chi connectivity index (χ1) is 18.6. The van der Waals surface area contributed by atoms with Gasteiger partial charge in [-0.05, 0) is 60.3 Å². The minimum atomic E-state index is -3.97. The number of hydrogen-bond acceptors (Lipinski definition) is 6. The van der Waals surface area contributed by atoms with Crippen LogP contribution in [0.5, 0.6) is 0 Å². The highest BCUT2D eigenvalue weighted by Crippen LogP contribution is 2.33. The van der Waals surface area contributed by atoms with Gasteiger partial charge in [0.25, 0.3) is 10.0 Å². The van der Waals surface area contributed by atoms with Gasteiger partial charge in [0.2, 0.25) is 0 Å². The van der Waals surface area contributed by atoms with E-state index in [1.165, 1.54) is 9.87 Å². The van der Waals surface area contributed by atoms with Crippen LogP contribution in [-0.2, 0) is 33.1 Å². The number of aromatic nitrogens is 1. The molecule has 1 aliphatic heterocycles. The highest BCUT2D eigenvalue weighted by molar-refractivity contribution is 7.92. The highest BCUT2D eigenvalue weighted by atomic mass is 35.5. The zero-order chi connectivity index (χ0) is 29.3. The summed E-state index contributed by atoms with van der Waals surface area (Å²) in [6.45, 7) is 16.9. The number of nitrogens with zero attached hydrogens (tertiary/aromatic N) is 3. The Kier molecular flexibility index (Phi) is 9.21. The van der Waals surface area contributed by atoms with E-state index in [0.717, 1.165) is 30.1 Å². The monoisotopic (exact) mass is 603 g/mol. The predicted octanol–water partition coefficient (Wildman–Crippen LogP) is 7.25. The van der Waals surface area contributed by atoms with Gasteiger partial charge in [-0.15, -0.1) is 0 Å². The molecule has 0 amide bonds. The third-order valence-electron chi connectivity index (χ3n) is 7.38. The minimum absolute atomic E-state index is 0.127. The first kappa shape index (κ1) is 30.8. The molecule has 0 aliphatic carbocycles. The molecule has 3 aromatic rings. The summed E-state index contributed by atoms with van der Waals surface area (Å²) < 4.78 is 40.9. The van der Waals surface area contributed by atoms with Crippen LogP contribution in [0.1, 0.15) is 56.2 Å². The van der Waals surface area contributed by atoms with Crippen molar-refractivity contribution in [2.75, 3.05) is 24.2 Å². The van der Waals surface area contributed by atoms with Crippen molar-refractivity contribution in [1.82, 2.24) is 10.1 Å². The largest absolute Gasteiger partial charge is 0.360 e. The van der Waals surface area contributed by atoms with E-state index in [9.17, 15) is 8.42 Å². The van der Waals surface area contributed by atoms with Crippen molar-refractivity contribution < 1.29 is 17.7 Å². The van der Waals surface area contributed by atoms with Gasteiger partial charge in [0, 0.05) is 50.3 Å². The van der Waals surface area contributed by atoms with E-state index in [4.69, 9.17) is 20.9 Å². The lowest BCUT2D eigenvalue weighted by molar-refractivity contribution is 0.155. The van der Waals surface area contributed by atoms with Crippen molar-refractivity contribution >= 4 is 35.5 Å². The quantitative estimate of drug-likeness (QED) is 0.138. The fraction of sp³-hybridized carbons (Fsp3) is 0.500. The van der Waals surface area contributed by atoms with Crippen LogP contribution in [0.2, 0.25) is 30.7 Å². The molecular formula is C30H42ClN3O4SSi. The number of fused-ring (bicyclic) bond motifs is 1. The second-order valence-electron chi connectivity index (χ2n) is 12.9. The molecular weight excluding hydrogens is 562 g/mol. The Hall–Kier alpha value is -2.17. The number of benzene rings is 2. The fourth-order valence-corrected chi connectivity index (χ4v) is 6.96. The average Bonchev–Trinajstić information content (AvgIpc) is 3.37. The highest BCUT2D eigenvalue weighted by Gasteiger charge is 2.32. The molecule has 1 aromatic heterocycles. The van der Waals surface area contributed by atoms with Gasteiger partial charge in [-0.25, -0.2) is 12.7 Å². The van der Waals surface area contributed by atoms with Gasteiger partial charge in [-0.2, -0.15) is 0 Å². The predicted molar refractivity (Wildman–Crippen MR) is 164 cm³/mol. The van der Waals surface area contributed by atoms with E-state index >= 15 is 0 Å². The molecule has 0 saturated carbocycles. The average molecular weight is 604 g/mol. The molecule has 0 bridgehead atoms. The maximum Gasteiger partial charge on any atom is 0.267 e. The number of sulfonamides is 1. The molecule has 0 spiro atoms. The van der Waals surface area contributed by atoms with Gasteiger partial charge in [-0.1, -0.05) is 75.4 Å². The molecule has 0 fully saturated rings. The molecule has 2 aromatic carbocycles. The summed E-state index contributed by atoms with van der Waals surface area (Å²) in [5.41, 5.74) is 3.01. The van der Waals surface area contributed by atoms with Crippen LogP contribution in [0.25, 0.3) is 0 Å². The Morgan fingerprint density at radius 1 is 1.12 bits per heavy atom. The summed E-state index contributed by atoms with van der Waals surface area (Å²) in [6.07, 6.45) is 0.850. The molecule has 1 aliphatic rings. The van der Waals surface area contributed by atoms with Crippen molar-refractivity contribution in [2.24, 2.45) is 0 Å². The van der Waals surface area contributed by atoms with Gasteiger partial charge < -0.3 is 9.26 Å². The molecule has 218 valence electrons. The van der Waals surface area contributed by atoms with Crippen molar-refractivity contribution in [1.29, 1.82) is 0 Å².